The maximum atomic E-state index is 12.4. The van der Waals surface area contributed by atoms with E-state index in [9.17, 15) is 9.59 Å². The molecule has 2 N–H and O–H groups in total. The molecule has 2 heterocycles. The van der Waals surface area contributed by atoms with Crippen molar-refractivity contribution in [2.75, 3.05) is 18.9 Å². The summed E-state index contributed by atoms with van der Waals surface area (Å²) in [6.45, 7) is 2.69. The van der Waals surface area contributed by atoms with Crippen molar-refractivity contribution in [3.05, 3.63) is 40.5 Å². The van der Waals surface area contributed by atoms with Crippen LogP contribution >= 0.6 is 11.3 Å². The van der Waals surface area contributed by atoms with Crippen molar-refractivity contribution in [3.63, 3.8) is 0 Å². The van der Waals surface area contributed by atoms with Crippen LogP contribution in [0.1, 0.15) is 39.8 Å². The van der Waals surface area contributed by atoms with E-state index in [1.807, 2.05) is 0 Å². The van der Waals surface area contributed by atoms with Crippen LogP contribution in [0.5, 0.6) is 0 Å². The number of rotatable bonds is 7. The zero-order valence-electron chi connectivity index (χ0n) is 13.7. The topological polar surface area (TPSA) is 74.6 Å². The van der Waals surface area contributed by atoms with Crippen molar-refractivity contribution in [2.24, 2.45) is 0 Å². The Morgan fingerprint density at radius 1 is 1.38 bits per heavy atom. The number of hydrogen-bond acceptors (Lipinski definition) is 5. The lowest BCUT2D eigenvalue weighted by Gasteiger charge is -2.24. The summed E-state index contributed by atoms with van der Waals surface area (Å²) in [5.74, 6) is -0.457. The zero-order valence-corrected chi connectivity index (χ0v) is 14.6. The molecule has 0 spiro atoms. The number of likely N-dealkylation sites (N-methyl/N-ethyl adjacent to an activating group) is 1. The Hall–Kier alpha value is -2.12. The van der Waals surface area contributed by atoms with Gasteiger partial charge in [0.2, 0.25) is 0 Å². The van der Waals surface area contributed by atoms with Crippen LogP contribution in [0.25, 0.3) is 0 Å². The van der Waals surface area contributed by atoms with E-state index in [1.165, 1.54) is 36.7 Å². The summed E-state index contributed by atoms with van der Waals surface area (Å²) in [7, 11) is 2.09. The summed E-state index contributed by atoms with van der Waals surface area (Å²) in [6.07, 6.45) is 5.29. The van der Waals surface area contributed by atoms with Gasteiger partial charge in [0, 0.05) is 18.6 Å². The predicted molar refractivity (Wildman–Crippen MR) is 93.6 cm³/mol. The molecule has 24 heavy (non-hydrogen) atoms. The largest absolute Gasteiger partial charge is 0.472 e. The molecule has 0 radical (unpaired) electrons. The molecule has 0 unspecified atom stereocenters. The summed E-state index contributed by atoms with van der Waals surface area (Å²) < 4.78 is 4.90. The first-order chi connectivity index (χ1) is 11.6. The average molecular weight is 347 g/mol. The second-order valence-corrected chi connectivity index (χ2v) is 7.00. The fourth-order valence-electron chi connectivity index (χ4n) is 2.48. The highest BCUT2D eigenvalue weighted by molar-refractivity contribution is 7.12. The van der Waals surface area contributed by atoms with E-state index in [1.54, 1.807) is 17.5 Å². The Morgan fingerprint density at radius 2 is 2.17 bits per heavy atom. The summed E-state index contributed by atoms with van der Waals surface area (Å²) in [5.41, 5.74) is 0.944. The third-order valence-corrected chi connectivity index (χ3v) is 5.19. The van der Waals surface area contributed by atoms with Gasteiger partial charge in [-0.25, -0.2) is 0 Å². The lowest BCUT2D eigenvalue weighted by atomic mass is 10.2. The second kappa shape index (κ2) is 7.19. The van der Waals surface area contributed by atoms with Crippen LogP contribution in [0.3, 0.4) is 0 Å². The summed E-state index contributed by atoms with van der Waals surface area (Å²) in [4.78, 5) is 27.3. The molecule has 1 fully saturated rings. The molecule has 1 atom stereocenters. The smallest absolute Gasteiger partial charge is 0.263 e. The Morgan fingerprint density at radius 3 is 2.83 bits per heavy atom. The molecular weight excluding hydrogens is 326 g/mol. The number of anilines is 1. The third-order valence-electron chi connectivity index (χ3n) is 4.28. The highest BCUT2D eigenvalue weighted by Crippen LogP contribution is 2.27. The maximum Gasteiger partial charge on any atom is 0.263 e. The van der Waals surface area contributed by atoms with Crippen LogP contribution in [0.15, 0.2) is 34.5 Å². The van der Waals surface area contributed by atoms with Crippen molar-refractivity contribution in [1.29, 1.82) is 0 Å². The highest BCUT2D eigenvalue weighted by atomic mass is 32.1. The molecule has 2 amide bonds. The van der Waals surface area contributed by atoms with Crippen LogP contribution in [0.2, 0.25) is 0 Å². The fourth-order valence-corrected chi connectivity index (χ4v) is 3.24. The van der Waals surface area contributed by atoms with E-state index >= 15 is 0 Å². The van der Waals surface area contributed by atoms with Crippen LogP contribution in [0.4, 0.5) is 5.69 Å². The van der Waals surface area contributed by atoms with Gasteiger partial charge in [0.25, 0.3) is 11.8 Å². The van der Waals surface area contributed by atoms with Gasteiger partial charge in [0.05, 0.1) is 17.5 Å². The average Bonchev–Trinajstić information content (AvgIpc) is 3.08. The lowest BCUT2D eigenvalue weighted by Crippen LogP contribution is -2.41. The van der Waals surface area contributed by atoms with E-state index in [2.05, 4.69) is 29.5 Å². The molecule has 0 bridgehead atoms. The first kappa shape index (κ1) is 16.7. The van der Waals surface area contributed by atoms with E-state index in [-0.39, 0.29) is 17.9 Å². The first-order valence-electron chi connectivity index (χ1n) is 7.97. The Bertz CT molecular complexity index is 706. The van der Waals surface area contributed by atoms with Gasteiger partial charge in [-0.1, -0.05) is 0 Å². The van der Waals surface area contributed by atoms with Gasteiger partial charge < -0.3 is 15.1 Å². The third kappa shape index (κ3) is 3.85. The van der Waals surface area contributed by atoms with E-state index in [0.29, 0.717) is 28.7 Å². The second-order valence-electron chi connectivity index (χ2n) is 6.09. The minimum absolute atomic E-state index is 0.163. The minimum atomic E-state index is -0.293. The number of carbonyl (C=O) groups is 2. The van der Waals surface area contributed by atoms with Gasteiger partial charge in [-0.2, -0.15) is 0 Å². The van der Waals surface area contributed by atoms with Gasteiger partial charge in [-0.05, 0) is 44.3 Å². The number of nitrogens with zero attached hydrogens (tertiary/aromatic N) is 1. The Kier molecular flexibility index (Phi) is 5.01. The molecule has 2 aromatic rings. The molecule has 3 rings (SSSR count). The van der Waals surface area contributed by atoms with Crippen molar-refractivity contribution < 1.29 is 14.0 Å². The Labute approximate surface area is 144 Å². The monoisotopic (exact) mass is 347 g/mol. The number of furan rings is 1. The molecule has 128 valence electrons. The van der Waals surface area contributed by atoms with Crippen molar-refractivity contribution in [3.8, 4) is 0 Å². The number of nitrogens with one attached hydrogen (secondary N) is 2. The highest BCUT2D eigenvalue weighted by Gasteiger charge is 2.29. The molecule has 6 nitrogen and oxygen atoms in total. The molecule has 1 aliphatic carbocycles. The molecule has 0 aromatic carbocycles. The molecule has 2 aromatic heterocycles. The standard InChI is InChI=1S/C17H21N3O3S/c1-11(20(2)13-3-4-13)9-18-17(22)15-14(6-8-24-15)19-16(21)12-5-7-23-10-12/h5-8,10-11,13H,3-4,9H2,1-2H3,(H,18,22)(H,19,21)/t11-/m1/s1. The summed E-state index contributed by atoms with van der Waals surface area (Å²) in [6, 6.07) is 4.25. The van der Waals surface area contributed by atoms with E-state index < -0.39 is 0 Å². The van der Waals surface area contributed by atoms with Crippen LogP contribution < -0.4 is 10.6 Å². The maximum absolute atomic E-state index is 12.4. The van der Waals surface area contributed by atoms with E-state index in [4.69, 9.17) is 4.42 Å². The normalized spacial score (nSPS) is 15.3. The zero-order chi connectivity index (χ0) is 17.1. The summed E-state index contributed by atoms with van der Waals surface area (Å²) in [5, 5.41) is 7.50. The number of carbonyl (C=O) groups excluding carboxylic acids is 2. The SMILES string of the molecule is C[C@H](CNC(=O)c1sccc1NC(=O)c1ccoc1)N(C)C1CC1. The Balaban J connectivity index is 1.57. The molecule has 0 aliphatic heterocycles. The van der Waals surface area contributed by atoms with Gasteiger partial charge in [-0.3, -0.25) is 14.5 Å². The number of thiophene rings is 1. The van der Waals surface area contributed by atoms with Crippen molar-refractivity contribution in [2.45, 2.75) is 31.8 Å². The number of amides is 2. The van der Waals surface area contributed by atoms with Gasteiger partial charge in [0.15, 0.2) is 0 Å². The molecule has 7 heteroatoms. The van der Waals surface area contributed by atoms with Gasteiger partial charge in [-0.15, -0.1) is 11.3 Å². The first-order valence-corrected chi connectivity index (χ1v) is 8.85. The molecular formula is C17H21N3O3S. The van der Waals surface area contributed by atoms with Crippen LogP contribution in [-0.2, 0) is 0 Å². The summed E-state index contributed by atoms with van der Waals surface area (Å²) >= 11 is 1.31. The predicted octanol–water partition coefficient (Wildman–Crippen LogP) is 2.81. The molecule has 0 saturated heterocycles. The number of hydrogen-bond donors (Lipinski definition) is 2. The fraction of sp³-hybridized carbons (Fsp3) is 0.412. The lowest BCUT2D eigenvalue weighted by molar-refractivity contribution is 0.0944. The van der Waals surface area contributed by atoms with Crippen molar-refractivity contribution >= 4 is 28.8 Å². The van der Waals surface area contributed by atoms with E-state index in [0.717, 1.165) is 0 Å². The van der Waals surface area contributed by atoms with Gasteiger partial charge >= 0.3 is 0 Å². The quantitative estimate of drug-likeness (QED) is 0.808. The van der Waals surface area contributed by atoms with Crippen LogP contribution in [-0.4, -0.2) is 42.4 Å². The van der Waals surface area contributed by atoms with Crippen LogP contribution in [0, 0.1) is 0 Å². The molecule has 1 saturated carbocycles. The minimum Gasteiger partial charge on any atom is -0.472 e. The van der Waals surface area contributed by atoms with Crippen molar-refractivity contribution in [1.82, 2.24) is 10.2 Å². The molecule has 1 aliphatic rings. The van der Waals surface area contributed by atoms with Gasteiger partial charge in [0.1, 0.15) is 11.1 Å².